The first-order valence-electron chi connectivity index (χ1n) is 8.65. The van der Waals surface area contributed by atoms with Gasteiger partial charge in [-0.1, -0.05) is 51.1 Å². The van der Waals surface area contributed by atoms with Crippen LogP contribution in [0.2, 0.25) is 18.1 Å². The van der Waals surface area contributed by atoms with Gasteiger partial charge in [0.05, 0.1) is 24.9 Å². The lowest BCUT2D eigenvalue weighted by Gasteiger charge is -2.39. The molecule has 0 saturated carbocycles. The van der Waals surface area contributed by atoms with Crippen LogP contribution in [0.15, 0.2) is 30.3 Å². The second-order valence-electron chi connectivity index (χ2n) is 8.23. The van der Waals surface area contributed by atoms with Gasteiger partial charge in [0.2, 0.25) is 0 Å². The Kier molecular flexibility index (Phi) is 5.72. The van der Waals surface area contributed by atoms with Gasteiger partial charge < -0.3 is 14.3 Å². The Hall–Kier alpha value is -0.683. The fourth-order valence-corrected chi connectivity index (χ4v) is 4.33. The molecule has 1 heterocycles. The van der Waals surface area contributed by atoms with E-state index in [4.69, 9.17) is 9.16 Å². The predicted octanol–water partition coefficient (Wildman–Crippen LogP) is 4.33. The van der Waals surface area contributed by atoms with Crippen molar-refractivity contribution in [3.63, 3.8) is 0 Å². The van der Waals surface area contributed by atoms with Crippen molar-refractivity contribution in [1.82, 2.24) is 0 Å². The molecule has 23 heavy (non-hydrogen) atoms. The minimum Gasteiger partial charge on any atom is -0.411 e. The minimum atomic E-state index is -1.81. The van der Waals surface area contributed by atoms with Gasteiger partial charge in [-0.15, -0.1) is 0 Å². The van der Waals surface area contributed by atoms with Crippen LogP contribution in [0.4, 0.5) is 0 Å². The van der Waals surface area contributed by atoms with Crippen molar-refractivity contribution in [2.45, 2.75) is 76.5 Å². The largest absolute Gasteiger partial charge is 0.411 e. The predicted molar refractivity (Wildman–Crippen MR) is 97.3 cm³/mol. The highest BCUT2D eigenvalue weighted by atomic mass is 28.4. The molecule has 0 radical (unpaired) electrons. The van der Waals surface area contributed by atoms with Crippen molar-refractivity contribution >= 4 is 8.32 Å². The zero-order valence-corrected chi connectivity index (χ0v) is 16.4. The van der Waals surface area contributed by atoms with Crippen molar-refractivity contribution in [2.24, 2.45) is 0 Å². The van der Waals surface area contributed by atoms with Crippen LogP contribution in [0.3, 0.4) is 0 Å². The summed E-state index contributed by atoms with van der Waals surface area (Å²) in [5.41, 5.74) is 1.14. The summed E-state index contributed by atoms with van der Waals surface area (Å²) in [5.74, 6) is 0.0201. The highest BCUT2D eigenvalue weighted by Crippen LogP contribution is 2.41. The molecule has 1 aliphatic heterocycles. The number of aliphatic hydroxyl groups is 1. The summed E-state index contributed by atoms with van der Waals surface area (Å²) in [7, 11) is -1.81. The number of hydrogen-bond acceptors (Lipinski definition) is 3. The van der Waals surface area contributed by atoms with Gasteiger partial charge in [0.25, 0.3) is 0 Å². The summed E-state index contributed by atoms with van der Waals surface area (Å²) >= 11 is 0. The molecule has 0 unspecified atom stereocenters. The quantitative estimate of drug-likeness (QED) is 0.813. The van der Waals surface area contributed by atoms with Gasteiger partial charge in [0.1, 0.15) is 0 Å². The minimum absolute atomic E-state index is 0.0201. The van der Waals surface area contributed by atoms with Gasteiger partial charge in [-0.25, -0.2) is 0 Å². The van der Waals surface area contributed by atoms with Crippen molar-refractivity contribution in [1.29, 1.82) is 0 Å². The lowest BCUT2D eigenvalue weighted by Crippen LogP contribution is -2.45. The summed E-state index contributed by atoms with van der Waals surface area (Å²) in [4.78, 5) is 0. The fourth-order valence-electron chi connectivity index (χ4n) is 2.94. The second kappa shape index (κ2) is 7.05. The van der Waals surface area contributed by atoms with Crippen LogP contribution in [0.5, 0.6) is 0 Å². The van der Waals surface area contributed by atoms with E-state index in [1.807, 2.05) is 18.2 Å². The van der Waals surface area contributed by atoms with Crippen LogP contribution in [-0.4, -0.2) is 38.3 Å². The third-order valence-corrected chi connectivity index (χ3v) is 10.0. The first-order chi connectivity index (χ1) is 10.7. The Balaban J connectivity index is 2.08. The highest BCUT2D eigenvalue weighted by molar-refractivity contribution is 6.74. The molecule has 0 spiro atoms. The van der Waals surface area contributed by atoms with E-state index < -0.39 is 8.32 Å². The molecule has 0 amide bonds. The van der Waals surface area contributed by atoms with Gasteiger partial charge in [-0.05, 0) is 30.6 Å². The van der Waals surface area contributed by atoms with Crippen molar-refractivity contribution in [3.8, 4) is 0 Å². The van der Waals surface area contributed by atoms with Crippen LogP contribution in [0, 0.1) is 0 Å². The first-order valence-corrected chi connectivity index (χ1v) is 11.6. The Morgan fingerprint density at radius 2 is 1.87 bits per heavy atom. The van der Waals surface area contributed by atoms with Crippen molar-refractivity contribution in [3.05, 3.63) is 35.9 Å². The second-order valence-corrected chi connectivity index (χ2v) is 13.0. The van der Waals surface area contributed by atoms with Crippen LogP contribution in [-0.2, 0) is 9.16 Å². The van der Waals surface area contributed by atoms with E-state index in [1.54, 1.807) is 0 Å². The Morgan fingerprint density at radius 3 is 2.39 bits per heavy atom. The molecule has 1 aromatic carbocycles. The van der Waals surface area contributed by atoms with E-state index in [0.717, 1.165) is 12.0 Å². The molecule has 1 fully saturated rings. The smallest absolute Gasteiger partial charge is 0.192 e. The van der Waals surface area contributed by atoms with Gasteiger partial charge in [-0.2, -0.15) is 0 Å². The zero-order chi connectivity index (χ0) is 17.3. The molecule has 4 heteroatoms. The van der Waals surface area contributed by atoms with Crippen LogP contribution < -0.4 is 0 Å². The van der Waals surface area contributed by atoms with Gasteiger partial charge >= 0.3 is 0 Å². The monoisotopic (exact) mass is 336 g/mol. The molecule has 0 aromatic heterocycles. The van der Waals surface area contributed by atoms with Crippen molar-refractivity contribution < 1.29 is 14.3 Å². The average molecular weight is 337 g/mol. The van der Waals surface area contributed by atoms with Gasteiger partial charge in [0, 0.05) is 12.3 Å². The van der Waals surface area contributed by atoms with E-state index in [2.05, 4.69) is 52.9 Å². The third kappa shape index (κ3) is 4.24. The van der Waals surface area contributed by atoms with E-state index in [0.29, 0.717) is 0 Å². The lowest BCUT2D eigenvalue weighted by atomic mass is 9.92. The number of ether oxygens (including phenoxy) is 1. The standard InChI is InChI=1S/C19H32O3Si/c1-14-17(22-23(5,6)19(2,3)4)12-18(21-14)16(13-20)15-10-8-7-9-11-15/h7-11,14,16-18,20H,12-13H2,1-6H3/t14-,16-,17+,18+/m0/s1. The number of aliphatic hydroxyl groups excluding tert-OH is 1. The molecule has 130 valence electrons. The first kappa shape index (κ1) is 18.7. The molecule has 4 atom stereocenters. The molecule has 0 aliphatic carbocycles. The summed E-state index contributed by atoms with van der Waals surface area (Å²) in [6, 6.07) is 10.2. The summed E-state index contributed by atoms with van der Waals surface area (Å²) < 4.78 is 12.7. The van der Waals surface area contributed by atoms with Gasteiger partial charge in [0.15, 0.2) is 8.32 Å². The third-order valence-electron chi connectivity index (χ3n) is 5.50. The zero-order valence-electron chi connectivity index (χ0n) is 15.4. The molecule has 1 aromatic rings. The maximum atomic E-state index is 9.86. The van der Waals surface area contributed by atoms with E-state index in [-0.39, 0.29) is 35.9 Å². The summed E-state index contributed by atoms with van der Waals surface area (Å²) in [6.07, 6.45) is 1.08. The molecular weight excluding hydrogens is 304 g/mol. The number of benzene rings is 1. The number of rotatable bonds is 5. The molecular formula is C19H32O3Si. The molecule has 0 bridgehead atoms. The van der Waals surface area contributed by atoms with E-state index in [9.17, 15) is 5.11 Å². The van der Waals surface area contributed by atoms with Gasteiger partial charge in [-0.3, -0.25) is 0 Å². The number of hydrogen-bond donors (Lipinski definition) is 1. The molecule has 1 aliphatic rings. The SMILES string of the molecule is C[C@@H]1O[C@@H]([C@@H](CO)c2ccccc2)C[C@H]1O[Si](C)(C)C(C)(C)C. The summed E-state index contributed by atoms with van der Waals surface area (Å²) in [6.45, 7) is 13.6. The maximum Gasteiger partial charge on any atom is 0.192 e. The van der Waals surface area contributed by atoms with Crippen molar-refractivity contribution in [2.75, 3.05) is 6.61 Å². The maximum absolute atomic E-state index is 9.86. The van der Waals surface area contributed by atoms with Crippen LogP contribution in [0.25, 0.3) is 0 Å². The fraction of sp³-hybridized carbons (Fsp3) is 0.684. The molecule has 3 nitrogen and oxygen atoms in total. The van der Waals surface area contributed by atoms with E-state index in [1.165, 1.54) is 0 Å². The van der Waals surface area contributed by atoms with Crippen LogP contribution in [0.1, 0.15) is 45.6 Å². The Morgan fingerprint density at radius 1 is 1.26 bits per heavy atom. The Labute approximate surface area is 142 Å². The molecule has 1 N–H and O–H groups in total. The Bertz CT molecular complexity index is 495. The average Bonchev–Trinajstić information content (AvgIpc) is 2.80. The molecule has 1 saturated heterocycles. The topological polar surface area (TPSA) is 38.7 Å². The van der Waals surface area contributed by atoms with Crippen LogP contribution >= 0.6 is 0 Å². The highest BCUT2D eigenvalue weighted by Gasteiger charge is 2.44. The summed E-state index contributed by atoms with van der Waals surface area (Å²) in [5, 5.41) is 10.1. The van der Waals surface area contributed by atoms with E-state index >= 15 is 0 Å². The lowest BCUT2D eigenvalue weighted by molar-refractivity contribution is 0.00638. The molecule has 2 rings (SSSR count). The normalized spacial score (nSPS) is 27.2.